The number of hydrogen-bond donors (Lipinski definition) is 2. The molecule has 1 aromatic rings. The number of carbonyl (C=O) groups excluding carboxylic acids is 1. The summed E-state index contributed by atoms with van der Waals surface area (Å²) in [5.41, 5.74) is 1.61. The van der Waals surface area contributed by atoms with E-state index in [9.17, 15) is 9.90 Å². The van der Waals surface area contributed by atoms with Crippen LogP contribution < -0.4 is 5.32 Å². The number of ether oxygens (including phenoxy) is 1. The van der Waals surface area contributed by atoms with Crippen molar-refractivity contribution in [3.63, 3.8) is 0 Å². The first-order valence-corrected chi connectivity index (χ1v) is 8.78. The lowest BCUT2D eigenvalue weighted by Gasteiger charge is -2.37. The molecular weight excluding hydrogens is 358 g/mol. The minimum absolute atomic E-state index is 0.172. The highest BCUT2D eigenvalue weighted by Crippen LogP contribution is 2.43. The minimum Gasteiger partial charge on any atom is -0.509 e. The van der Waals surface area contributed by atoms with Crippen LogP contribution in [0.3, 0.4) is 0 Å². The van der Waals surface area contributed by atoms with E-state index < -0.39 is 5.54 Å². The smallest absolute Gasteiger partial charge is 0.256 e. The lowest BCUT2D eigenvalue weighted by molar-refractivity contribution is -0.116. The molecule has 3 rings (SSSR count). The van der Waals surface area contributed by atoms with Gasteiger partial charge in [-0.2, -0.15) is 0 Å². The van der Waals surface area contributed by atoms with Gasteiger partial charge in [0.1, 0.15) is 5.76 Å². The van der Waals surface area contributed by atoms with Gasteiger partial charge in [0.15, 0.2) is 0 Å². The molecule has 0 unspecified atom stereocenters. The summed E-state index contributed by atoms with van der Waals surface area (Å²) in [5, 5.41) is 13.9. The van der Waals surface area contributed by atoms with Gasteiger partial charge in [-0.05, 0) is 61.8 Å². The largest absolute Gasteiger partial charge is 0.509 e. The van der Waals surface area contributed by atoms with Crippen LogP contribution >= 0.6 is 15.9 Å². The molecule has 4 nitrogen and oxygen atoms in total. The van der Waals surface area contributed by atoms with Gasteiger partial charge >= 0.3 is 0 Å². The number of carbonyl (C=O) groups is 1. The minimum atomic E-state index is -0.592. The third-order valence-corrected chi connectivity index (χ3v) is 5.59. The van der Waals surface area contributed by atoms with Crippen molar-refractivity contribution in [2.75, 3.05) is 13.7 Å². The molecule has 124 valence electrons. The Hall–Kier alpha value is -1.33. The SMILES string of the molecule is COC[C@H]1CC[C@@]2(CC1)NC(=O)C(c1cc(Br)ccc1C)=C2O. The zero-order valence-electron chi connectivity index (χ0n) is 13.5. The first-order chi connectivity index (χ1) is 11.0. The topological polar surface area (TPSA) is 58.6 Å². The Morgan fingerprint density at radius 2 is 2.09 bits per heavy atom. The van der Waals surface area contributed by atoms with E-state index in [0.29, 0.717) is 11.5 Å². The molecule has 1 aliphatic heterocycles. The van der Waals surface area contributed by atoms with E-state index in [1.54, 1.807) is 7.11 Å². The maximum Gasteiger partial charge on any atom is 0.256 e. The van der Waals surface area contributed by atoms with Gasteiger partial charge in [0.05, 0.1) is 11.1 Å². The maximum absolute atomic E-state index is 12.6. The number of aliphatic hydroxyl groups is 1. The molecule has 0 atom stereocenters. The molecule has 0 aromatic heterocycles. The van der Waals surface area contributed by atoms with E-state index in [1.165, 1.54) is 0 Å². The molecule has 5 heteroatoms. The Balaban J connectivity index is 1.94. The van der Waals surface area contributed by atoms with E-state index in [1.807, 2.05) is 25.1 Å². The molecule has 23 heavy (non-hydrogen) atoms. The highest BCUT2D eigenvalue weighted by atomic mass is 79.9. The van der Waals surface area contributed by atoms with Gasteiger partial charge in [-0.1, -0.05) is 22.0 Å². The van der Waals surface area contributed by atoms with Crippen molar-refractivity contribution < 1.29 is 14.6 Å². The maximum atomic E-state index is 12.6. The number of amides is 1. The summed E-state index contributed by atoms with van der Waals surface area (Å²) >= 11 is 3.45. The molecule has 1 spiro atoms. The average Bonchev–Trinajstić information content (AvgIpc) is 2.76. The molecule has 1 saturated carbocycles. The Kier molecular flexibility index (Phi) is 4.52. The number of halogens is 1. The molecule has 2 N–H and O–H groups in total. The Bertz CT molecular complexity index is 660. The predicted molar refractivity (Wildman–Crippen MR) is 93.1 cm³/mol. The molecule has 1 heterocycles. The van der Waals surface area contributed by atoms with E-state index in [-0.39, 0.29) is 11.7 Å². The molecule has 1 fully saturated rings. The molecule has 0 radical (unpaired) electrons. The Morgan fingerprint density at radius 3 is 2.74 bits per heavy atom. The standard InChI is InChI=1S/C18H22BrNO3/c1-11-3-4-13(19)9-14(11)15-16(21)18(20-17(15)22)7-5-12(6-8-18)10-23-2/h3-4,9,12,21H,5-8,10H2,1-2H3,(H,20,22)/t12-,18-. The van der Waals surface area contributed by atoms with Gasteiger partial charge < -0.3 is 15.2 Å². The Morgan fingerprint density at radius 1 is 1.39 bits per heavy atom. The van der Waals surface area contributed by atoms with Gasteiger partial charge in [-0.25, -0.2) is 0 Å². The number of methoxy groups -OCH3 is 1. The van der Waals surface area contributed by atoms with Gasteiger partial charge in [-0.15, -0.1) is 0 Å². The zero-order valence-corrected chi connectivity index (χ0v) is 15.1. The molecule has 1 amide bonds. The summed E-state index contributed by atoms with van der Waals surface area (Å²) in [6, 6.07) is 5.79. The number of nitrogens with one attached hydrogen (secondary N) is 1. The van der Waals surface area contributed by atoms with Crippen molar-refractivity contribution >= 4 is 27.4 Å². The average molecular weight is 380 g/mol. The fourth-order valence-corrected chi connectivity index (χ4v) is 4.09. The highest BCUT2D eigenvalue weighted by Gasteiger charge is 2.47. The van der Waals surface area contributed by atoms with Crippen LogP contribution in [0.5, 0.6) is 0 Å². The molecule has 1 aromatic carbocycles. The van der Waals surface area contributed by atoms with E-state index >= 15 is 0 Å². The molecular formula is C18H22BrNO3. The van der Waals surface area contributed by atoms with Gasteiger partial charge in [0.2, 0.25) is 0 Å². The lowest BCUT2D eigenvalue weighted by Crippen LogP contribution is -2.47. The van der Waals surface area contributed by atoms with E-state index in [2.05, 4.69) is 21.2 Å². The fraction of sp³-hybridized carbons (Fsp3) is 0.500. The van der Waals surface area contributed by atoms with Crippen molar-refractivity contribution in [1.82, 2.24) is 5.32 Å². The lowest BCUT2D eigenvalue weighted by atomic mass is 9.76. The van der Waals surface area contributed by atoms with Crippen LogP contribution in [0, 0.1) is 12.8 Å². The van der Waals surface area contributed by atoms with Crippen LogP contribution in [0.2, 0.25) is 0 Å². The summed E-state index contributed by atoms with van der Waals surface area (Å²) in [7, 11) is 1.72. The molecule has 0 bridgehead atoms. The number of hydrogen-bond acceptors (Lipinski definition) is 3. The van der Waals surface area contributed by atoms with Gasteiger partial charge in [0, 0.05) is 18.2 Å². The van der Waals surface area contributed by atoms with E-state index in [0.717, 1.165) is 47.9 Å². The van der Waals surface area contributed by atoms with Crippen molar-refractivity contribution in [2.45, 2.75) is 38.1 Å². The fourth-order valence-electron chi connectivity index (χ4n) is 3.73. The highest BCUT2D eigenvalue weighted by molar-refractivity contribution is 9.10. The molecule has 2 aliphatic rings. The van der Waals surface area contributed by atoms with Crippen LogP contribution in [0.4, 0.5) is 0 Å². The van der Waals surface area contributed by atoms with Crippen molar-refractivity contribution in [1.29, 1.82) is 0 Å². The summed E-state index contributed by atoms with van der Waals surface area (Å²) in [6.07, 6.45) is 3.41. The van der Waals surface area contributed by atoms with Crippen molar-refractivity contribution in [3.05, 3.63) is 39.6 Å². The molecule has 1 aliphatic carbocycles. The van der Waals surface area contributed by atoms with Crippen LogP contribution in [-0.4, -0.2) is 30.3 Å². The number of rotatable bonds is 3. The van der Waals surface area contributed by atoms with Gasteiger partial charge in [-0.3, -0.25) is 4.79 Å². The summed E-state index contributed by atoms with van der Waals surface area (Å²) < 4.78 is 6.13. The first-order valence-electron chi connectivity index (χ1n) is 7.98. The quantitative estimate of drug-likeness (QED) is 0.840. The number of aryl methyl sites for hydroxylation is 1. The monoisotopic (exact) mass is 379 g/mol. The first kappa shape index (κ1) is 16.5. The second-order valence-corrected chi connectivity index (χ2v) is 7.53. The zero-order chi connectivity index (χ0) is 16.6. The van der Waals surface area contributed by atoms with Crippen molar-refractivity contribution in [3.8, 4) is 0 Å². The third-order valence-electron chi connectivity index (χ3n) is 5.10. The third kappa shape index (κ3) is 2.92. The van der Waals surface area contributed by atoms with Crippen LogP contribution in [-0.2, 0) is 9.53 Å². The number of aliphatic hydroxyl groups excluding tert-OH is 1. The number of benzene rings is 1. The van der Waals surface area contributed by atoms with E-state index in [4.69, 9.17) is 4.74 Å². The molecule has 0 saturated heterocycles. The summed E-state index contributed by atoms with van der Waals surface area (Å²) in [6.45, 7) is 2.70. The second kappa shape index (κ2) is 6.29. The second-order valence-electron chi connectivity index (χ2n) is 6.62. The van der Waals surface area contributed by atoms with Gasteiger partial charge in [0.25, 0.3) is 5.91 Å². The summed E-state index contributed by atoms with van der Waals surface area (Å²) in [5.74, 6) is 0.542. The predicted octanol–water partition coefficient (Wildman–Crippen LogP) is 3.73. The van der Waals surface area contributed by atoms with Crippen LogP contribution in [0.25, 0.3) is 5.57 Å². The van der Waals surface area contributed by atoms with Crippen LogP contribution in [0.1, 0.15) is 36.8 Å². The normalized spacial score (nSPS) is 27.6. The Labute approximate surface area is 145 Å². The summed E-state index contributed by atoms with van der Waals surface area (Å²) in [4.78, 5) is 12.6. The van der Waals surface area contributed by atoms with Crippen molar-refractivity contribution in [2.24, 2.45) is 5.92 Å². The van der Waals surface area contributed by atoms with Crippen LogP contribution in [0.15, 0.2) is 28.4 Å².